The van der Waals surface area contributed by atoms with E-state index in [0.29, 0.717) is 62.3 Å². The fourth-order valence-electron chi connectivity index (χ4n) is 10.8. The average Bonchev–Trinajstić information content (AvgIpc) is 4.16. The Morgan fingerprint density at radius 2 is 1.56 bits per heavy atom. The van der Waals surface area contributed by atoms with Crippen molar-refractivity contribution in [1.82, 2.24) is 60.4 Å². The molecule has 21 nitrogen and oxygen atoms in total. The van der Waals surface area contributed by atoms with E-state index >= 15 is 4.39 Å². The number of alkyl halides is 5. The molecule has 6 aromatic rings. The molecule has 1 aliphatic heterocycles. The first kappa shape index (κ1) is 56.6. The fourth-order valence-corrected chi connectivity index (χ4v) is 10.8. The molecule has 426 valence electrons. The highest BCUT2D eigenvalue weighted by atomic mass is 19.4. The minimum Gasteiger partial charge on any atom is -0.468 e. The minimum absolute atomic E-state index is 0.0345. The Balaban J connectivity index is 0.667. The van der Waals surface area contributed by atoms with Crippen LogP contribution in [0.15, 0.2) is 48.9 Å². The molecule has 0 radical (unpaired) electrons. The Labute approximate surface area is 452 Å². The lowest BCUT2D eigenvalue weighted by Gasteiger charge is -2.32. The number of likely N-dealkylation sites (tertiary alicyclic amines) is 1. The third kappa shape index (κ3) is 12.0. The number of hydrogen-bond acceptors (Lipinski definition) is 12. The van der Waals surface area contributed by atoms with Crippen molar-refractivity contribution in [3.05, 3.63) is 77.4 Å². The van der Waals surface area contributed by atoms with Gasteiger partial charge in [0.05, 0.1) is 48.8 Å². The zero-order valence-electron chi connectivity index (χ0n) is 43.8. The molecule has 0 unspecified atom stereocenters. The van der Waals surface area contributed by atoms with Crippen molar-refractivity contribution in [3.63, 3.8) is 0 Å². The number of unbranched alkanes of at least 4 members (excludes halogenated alkanes) is 5. The van der Waals surface area contributed by atoms with Crippen LogP contribution in [0.25, 0.3) is 32.9 Å². The monoisotopic (exact) mass is 1120 g/mol. The quantitative estimate of drug-likeness (QED) is 0.0286. The van der Waals surface area contributed by atoms with E-state index < -0.39 is 89.6 Å². The molecule has 2 fully saturated rings. The van der Waals surface area contributed by atoms with Crippen LogP contribution in [-0.4, -0.2) is 132 Å². The van der Waals surface area contributed by atoms with Crippen LogP contribution in [0.1, 0.15) is 116 Å². The number of aromatic amines is 1. The Kier molecular flexibility index (Phi) is 16.5. The van der Waals surface area contributed by atoms with Gasteiger partial charge in [-0.15, -0.1) is 0 Å². The summed E-state index contributed by atoms with van der Waals surface area (Å²) < 4.78 is 96.0. The van der Waals surface area contributed by atoms with E-state index in [4.69, 9.17) is 0 Å². The van der Waals surface area contributed by atoms with Gasteiger partial charge in [-0.2, -0.15) is 33.6 Å². The summed E-state index contributed by atoms with van der Waals surface area (Å²) in [4.78, 5) is 90.1. The number of benzene rings is 2. The molecule has 1 saturated heterocycles. The van der Waals surface area contributed by atoms with E-state index in [1.807, 2.05) is 4.90 Å². The third-order valence-electron chi connectivity index (χ3n) is 15.4. The number of methoxy groups -OCH3 is 1. The number of piperidine rings is 1. The number of carbonyl (C=O) groups excluding carboxylic acids is 7. The Hall–Kier alpha value is -8.13. The summed E-state index contributed by atoms with van der Waals surface area (Å²) in [5.74, 6) is -8.27. The summed E-state index contributed by atoms with van der Waals surface area (Å²) in [5, 5.41) is 28.8. The number of carbonyl (C=O) groups is 7. The molecule has 1 saturated carbocycles. The zero-order chi connectivity index (χ0) is 57.1. The van der Waals surface area contributed by atoms with E-state index in [1.165, 1.54) is 36.7 Å². The normalized spacial score (nSPS) is 17.6. The van der Waals surface area contributed by atoms with Crippen LogP contribution in [-0.2, 0) is 54.3 Å². The van der Waals surface area contributed by atoms with Gasteiger partial charge in [0.1, 0.15) is 18.9 Å². The van der Waals surface area contributed by atoms with Gasteiger partial charge in [0.15, 0.2) is 11.4 Å². The summed E-state index contributed by atoms with van der Waals surface area (Å²) >= 11 is 0. The maximum absolute atomic E-state index is 15.8. The standard InChI is InChI=1S/C53H59F6N13O8/c1-51-23-37-35(22-40(51)52(51,55)56)48(67-66-37)50(79)65-31-25-63-70(28-31)32-15-18-69(19-16-32)44(76)12-7-5-3-4-6-8-17-60-41(73)13-14-45(77)72-39-21-34(36(54)20-30(39)24-64-72)33-10-9-11-38-47(33)49(53(57,58)59)68-71(38)29-43(75)61-26-42(74)62-27-46(78)80-2/h9-11,20-21,24-25,28,32,40H,3-8,12-19,22-23,26-27,29H2,1-2H3,(H,60,73)(H,61,75)(H,62,74)(H,65,79)(H,66,67)/t40-,51+/m1/s1. The smallest absolute Gasteiger partial charge is 0.435 e. The maximum atomic E-state index is 15.8. The van der Waals surface area contributed by atoms with Gasteiger partial charge >= 0.3 is 12.1 Å². The van der Waals surface area contributed by atoms with Gasteiger partial charge in [0.2, 0.25) is 29.5 Å². The summed E-state index contributed by atoms with van der Waals surface area (Å²) in [6.45, 7) is 1.27. The number of amides is 5. The first-order chi connectivity index (χ1) is 38.2. The van der Waals surface area contributed by atoms with E-state index in [9.17, 15) is 55.5 Å². The topological polar surface area (TPSA) is 262 Å². The van der Waals surface area contributed by atoms with E-state index in [0.717, 1.165) is 54.6 Å². The molecule has 5 amide bonds. The molecular formula is C53H59F6N13O8. The van der Waals surface area contributed by atoms with Gasteiger partial charge in [-0.3, -0.25) is 48.0 Å². The number of ether oxygens (including phenoxy) is 1. The molecule has 4 aromatic heterocycles. The highest BCUT2D eigenvalue weighted by Gasteiger charge is 2.78. The van der Waals surface area contributed by atoms with Gasteiger partial charge < -0.3 is 30.9 Å². The lowest BCUT2D eigenvalue weighted by molar-refractivity contribution is -0.141. The maximum Gasteiger partial charge on any atom is 0.435 e. The first-order valence-corrected chi connectivity index (χ1v) is 26.4. The Bertz CT molecular complexity index is 3360. The number of nitrogens with one attached hydrogen (secondary N) is 5. The predicted molar refractivity (Wildman–Crippen MR) is 274 cm³/mol. The summed E-state index contributed by atoms with van der Waals surface area (Å²) in [6, 6.07) is 6.10. The van der Waals surface area contributed by atoms with E-state index in [1.54, 1.807) is 17.8 Å². The fraction of sp³-hybridized carbons (Fsp3) is 0.491. The molecule has 2 aliphatic carbocycles. The molecule has 27 heteroatoms. The number of aromatic nitrogens is 8. The molecule has 0 spiro atoms. The number of esters is 1. The molecule has 2 aromatic carbocycles. The number of anilines is 1. The molecule has 5 heterocycles. The van der Waals surface area contributed by atoms with Crippen LogP contribution in [0, 0.1) is 17.2 Å². The number of fused-ring (bicyclic) bond motifs is 4. The van der Waals surface area contributed by atoms with Gasteiger partial charge in [-0.1, -0.05) is 44.7 Å². The Morgan fingerprint density at radius 1 is 0.825 bits per heavy atom. The molecule has 80 heavy (non-hydrogen) atoms. The summed E-state index contributed by atoms with van der Waals surface area (Å²) in [7, 11) is 1.11. The molecule has 5 N–H and O–H groups in total. The zero-order valence-corrected chi connectivity index (χ0v) is 43.8. The van der Waals surface area contributed by atoms with Gasteiger partial charge in [-0.05, 0) is 55.9 Å². The van der Waals surface area contributed by atoms with Crippen molar-refractivity contribution in [2.45, 2.75) is 115 Å². The number of H-pyrrole nitrogens is 1. The second kappa shape index (κ2) is 23.3. The van der Waals surface area contributed by atoms with Crippen LogP contribution in [0.4, 0.5) is 32.0 Å². The first-order valence-electron chi connectivity index (χ1n) is 26.4. The average molecular weight is 1120 g/mol. The molecular weight excluding hydrogens is 1060 g/mol. The molecule has 9 rings (SSSR count). The highest BCUT2D eigenvalue weighted by Crippen LogP contribution is 2.70. The third-order valence-corrected chi connectivity index (χ3v) is 15.4. The lowest BCUT2D eigenvalue weighted by Crippen LogP contribution is -2.40. The van der Waals surface area contributed by atoms with Gasteiger partial charge in [0.25, 0.3) is 11.8 Å². The minimum atomic E-state index is -5.06. The van der Waals surface area contributed by atoms with Gasteiger partial charge in [0, 0.05) is 90.4 Å². The second-order valence-corrected chi connectivity index (χ2v) is 20.7. The number of rotatable bonds is 22. The van der Waals surface area contributed by atoms with Crippen molar-refractivity contribution in [2.75, 3.05) is 45.2 Å². The van der Waals surface area contributed by atoms with Crippen LogP contribution in [0.3, 0.4) is 0 Å². The van der Waals surface area contributed by atoms with E-state index in [2.05, 4.69) is 51.5 Å². The highest BCUT2D eigenvalue weighted by molar-refractivity contribution is 6.04. The SMILES string of the molecule is COC(=O)CNC(=O)CNC(=O)Cn1nc(C(F)(F)F)c2c(-c3cc4c(cnn4C(=O)CCC(=O)NCCCCCCCCC(=O)N4CCC(n5cc(NC(=O)c6n[nH]c7c6C[C@H]6C(F)(F)[C@@]6(C)C7)cn5)CC4)cc3F)cccc21. The van der Waals surface area contributed by atoms with Crippen LogP contribution >= 0.6 is 0 Å². The van der Waals surface area contributed by atoms with Crippen molar-refractivity contribution < 1.29 is 64.6 Å². The van der Waals surface area contributed by atoms with Gasteiger partial charge in [-0.25, -0.2) is 17.9 Å². The number of hydrogen-bond donors (Lipinski definition) is 5. The molecule has 3 aliphatic rings. The van der Waals surface area contributed by atoms with Crippen LogP contribution < -0.4 is 21.3 Å². The van der Waals surface area contributed by atoms with Crippen LogP contribution in [0.2, 0.25) is 0 Å². The summed E-state index contributed by atoms with van der Waals surface area (Å²) in [5.41, 5.74) is -1.47. The summed E-state index contributed by atoms with van der Waals surface area (Å²) in [6.07, 6.45) is 5.96. The van der Waals surface area contributed by atoms with E-state index in [-0.39, 0.29) is 76.8 Å². The largest absolute Gasteiger partial charge is 0.468 e. The number of halogens is 6. The van der Waals surface area contributed by atoms with Crippen molar-refractivity contribution >= 4 is 68.9 Å². The molecule has 2 atom stereocenters. The lowest BCUT2D eigenvalue weighted by atomic mass is 9.87. The number of nitrogens with zero attached hydrogens (tertiary/aromatic N) is 8. The molecule has 0 bridgehead atoms. The van der Waals surface area contributed by atoms with Crippen molar-refractivity contribution in [2.24, 2.45) is 11.3 Å². The Morgan fingerprint density at radius 3 is 2.31 bits per heavy atom. The van der Waals surface area contributed by atoms with Crippen molar-refractivity contribution in [1.29, 1.82) is 0 Å². The second-order valence-electron chi connectivity index (χ2n) is 20.7. The van der Waals surface area contributed by atoms with Crippen molar-refractivity contribution in [3.8, 4) is 11.1 Å². The predicted octanol–water partition coefficient (Wildman–Crippen LogP) is 6.29. The van der Waals surface area contributed by atoms with Crippen LogP contribution in [0.5, 0.6) is 0 Å².